The summed E-state index contributed by atoms with van der Waals surface area (Å²) in [5, 5.41) is 8.83. The van der Waals surface area contributed by atoms with Gasteiger partial charge >= 0.3 is 0 Å². The fourth-order valence-electron chi connectivity index (χ4n) is 6.29. The highest BCUT2D eigenvalue weighted by Crippen LogP contribution is 2.69. The summed E-state index contributed by atoms with van der Waals surface area (Å²) < 4.78 is 53.8. The molecule has 6 rings (SSSR count). The molecule has 1 fully saturated rings. The van der Waals surface area contributed by atoms with Crippen molar-refractivity contribution >= 4 is 9.84 Å². The Balaban J connectivity index is 1.45. The van der Waals surface area contributed by atoms with E-state index in [2.05, 4.69) is 34.0 Å². The van der Waals surface area contributed by atoms with Gasteiger partial charge in [0.05, 0.1) is 34.4 Å². The van der Waals surface area contributed by atoms with E-state index in [9.17, 15) is 17.2 Å². The summed E-state index contributed by atoms with van der Waals surface area (Å²) in [6, 6.07) is 7.38. The van der Waals surface area contributed by atoms with E-state index in [1.165, 1.54) is 29.1 Å². The van der Waals surface area contributed by atoms with Crippen LogP contribution in [0.5, 0.6) is 0 Å². The molecule has 0 radical (unpaired) electrons. The Hall–Kier alpha value is -3.60. The molecule has 0 N–H and O–H groups in total. The van der Waals surface area contributed by atoms with Crippen LogP contribution in [0, 0.1) is 17.0 Å². The molecule has 190 valence electrons. The van der Waals surface area contributed by atoms with Crippen LogP contribution in [0.15, 0.2) is 49.1 Å². The van der Waals surface area contributed by atoms with Gasteiger partial charge in [-0.15, -0.1) is 5.10 Å². The molecule has 0 amide bonds. The van der Waals surface area contributed by atoms with E-state index in [1.807, 2.05) is 6.07 Å². The standard InChI is InChI=1S/C26H24F2N6O2S/c1-25(2)16-7-9-26(25,23-15(16)11-19(32-33-23)22-17(27)5-4-6-18(22)28)21-8-10-29-24(31-21)20-12-34(13-30-20)14-37(3,35)36/h4-6,8,10-13,16H,7,9,14H2,1-3H3/t16-,26+/m0/s1. The van der Waals surface area contributed by atoms with Gasteiger partial charge in [0.25, 0.3) is 0 Å². The maximum absolute atomic E-state index is 14.5. The topological polar surface area (TPSA) is 104 Å². The lowest BCUT2D eigenvalue weighted by Crippen LogP contribution is -2.38. The molecule has 1 saturated carbocycles. The molecular weight excluding hydrogens is 498 g/mol. The van der Waals surface area contributed by atoms with Crippen molar-refractivity contribution in [1.82, 2.24) is 29.7 Å². The third-order valence-electron chi connectivity index (χ3n) is 7.94. The zero-order valence-corrected chi connectivity index (χ0v) is 21.3. The maximum Gasteiger partial charge on any atom is 0.179 e. The fraction of sp³-hybridized carbons (Fsp3) is 0.346. The summed E-state index contributed by atoms with van der Waals surface area (Å²) in [5.41, 5.74) is 2.05. The Morgan fingerprint density at radius 3 is 2.57 bits per heavy atom. The second-order valence-corrected chi connectivity index (χ2v) is 12.6. The Kier molecular flexibility index (Phi) is 5.11. The Morgan fingerprint density at radius 2 is 1.84 bits per heavy atom. The highest BCUT2D eigenvalue weighted by Gasteiger charge is 2.65. The second kappa shape index (κ2) is 7.95. The van der Waals surface area contributed by atoms with Gasteiger partial charge in [0.15, 0.2) is 15.7 Å². The van der Waals surface area contributed by atoms with Crippen molar-refractivity contribution in [2.45, 2.75) is 43.9 Å². The van der Waals surface area contributed by atoms with Crippen LogP contribution in [0.4, 0.5) is 8.78 Å². The van der Waals surface area contributed by atoms with Gasteiger partial charge in [-0.2, -0.15) is 5.10 Å². The molecule has 8 nitrogen and oxygen atoms in total. The van der Waals surface area contributed by atoms with Gasteiger partial charge in [-0.3, -0.25) is 0 Å². The molecular formula is C26H24F2N6O2S. The van der Waals surface area contributed by atoms with E-state index in [1.54, 1.807) is 18.5 Å². The van der Waals surface area contributed by atoms with Gasteiger partial charge in [-0.1, -0.05) is 19.9 Å². The minimum absolute atomic E-state index is 0.110. The van der Waals surface area contributed by atoms with Gasteiger partial charge < -0.3 is 4.57 Å². The number of hydrogen-bond acceptors (Lipinski definition) is 7. The number of benzene rings is 1. The molecule has 3 aromatic heterocycles. The van der Waals surface area contributed by atoms with Gasteiger partial charge in [0.2, 0.25) is 0 Å². The minimum Gasteiger partial charge on any atom is -0.322 e. The molecule has 0 spiro atoms. The summed E-state index contributed by atoms with van der Waals surface area (Å²) in [4.78, 5) is 13.6. The number of nitrogens with zero attached hydrogens (tertiary/aromatic N) is 6. The maximum atomic E-state index is 14.5. The van der Waals surface area contributed by atoms with Crippen LogP contribution in [0.1, 0.15) is 49.6 Å². The molecule has 2 aliphatic carbocycles. The van der Waals surface area contributed by atoms with E-state index < -0.39 is 26.9 Å². The lowest BCUT2D eigenvalue weighted by Gasteiger charge is -2.37. The molecule has 0 aliphatic heterocycles. The van der Waals surface area contributed by atoms with E-state index in [4.69, 9.17) is 4.98 Å². The normalized spacial score (nSPS) is 21.8. The van der Waals surface area contributed by atoms with Gasteiger partial charge in [0, 0.05) is 18.6 Å². The molecule has 1 aromatic carbocycles. The van der Waals surface area contributed by atoms with Gasteiger partial charge in [-0.25, -0.2) is 32.2 Å². The Bertz CT molecular complexity index is 1650. The van der Waals surface area contributed by atoms with Crippen LogP contribution in [-0.4, -0.2) is 44.4 Å². The number of rotatable bonds is 5. The molecule has 2 atom stereocenters. The predicted molar refractivity (Wildman–Crippen MR) is 132 cm³/mol. The molecule has 2 bridgehead atoms. The summed E-state index contributed by atoms with van der Waals surface area (Å²) in [7, 11) is -3.23. The molecule has 2 aliphatic rings. The molecule has 11 heteroatoms. The largest absolute Gasteiger partial charge is 0.322 e. The molecule has 0 unspecified atom stereocenters. The van der Waals surface area contributed by atoms with E-state index in [0.717, 1.165) is 36.0 Å². The third-order valence-corrected chi connectivity index (χ3v) is 8.71. The number of sulfone groups is 1. The summed E-state index contributed by atoms with van der Waals surface area (Å²) in [6.07, 6.45) is 7.54. The Labute approximate surface area is 212 Å². The number of hydrogen-bond donors (Lipinski definition) is 0. The fourth-order valence-corrected chi connectivity index (χ4v) is 6.98. The quantitative estimate of drug-likeness (QED) is 0.385. The number of halogens is 2. The van der Waals surface area contributed by atoms with Crippen LogP contribution < -0.4 is 0 Å². The summed E-state index contributed by atoms with van der Waals surface area (Å²) >= 11 is 0. The van der Waals surface area contributed by atoms with Crippen LogP contribution in [0.2, 0.25) is 0 Å². The average molecular weight is 523 g/mol. The second-order valence-electron chi connectivity index (χ2n) is 10.4. The highest BCUT2D eigenvalue weighted by atomic mass is 32.2. The molecule has 3 heterocycles. The number of imidazole rings is 1. The van der Waals surface area contributed by atoms with Crippen molar-refractivity contribution in [2.24, 2.45) is 5.41 Å². The smallest absolute Gasteiger partial charge is 0.179 e. The lowest BCUT2D eigenvalue weighted by atomic mass is 9.66. The third kappa shape index (κ3) is 3.51. The van der Waals surface area contributed by atoms with Crippen molar-refractivity contribution in [3.8, 4) is 22.8 Å². The van der Waals surface area contributed by atoms with E-state index in [-0.39, 0.29) is 28.5 Å². The van der Waals surface area contributed by atoms with E-state index in [0.29, 0.717) is 11.5 Å². The molecule has 0 saturated heterocycles. The molecule has 4 aromatic rings. The van der Waals surface area contributed by atoms with Gasteiger partial charge in [-0.05, 0) is 54.0 Å². The zero-order chi connectivity index (χ0) is 26.2. The summed E-state index contributed by atoms with van der Waals surface area (Å²) in [6.45, 7) is 4.33. The molecule has 37 heavy (non-hydrogen) atoms. The number of fused-ring (bicyclic) bond motifs is 5. The Morgan fingerprint density at radius 1 is 1.08 bits per heavy atom. The van der Waals surface area contributed by atoms with Crippen LogP contribution >= 0.6 is 0 Å². The average Bonchev–Trinajstić information content (AvgIpc) is 3.45. The predicted octanol–water partition coefficient (Wildman–Crippen LogP) is 4.28. The number of aromatic nitrogens is 6. The van der Waals surface area contributed by atoms with E-state index >= 15 is 0 Å². The van der Waals surface area contributed by atoms with Crippen LogP contribution in [0.25, 0.3) is 22.8 Å². The van der Waals surface area contributed by atoms with Crippen molar-refractivity contribution in [3.63, 3.8) is 0 Å². The lowest BCUT2D eigenvalue weighted by molar-refractivity contribution is 0.243. The SMILES string of the molecule is CC1(C)[C@H]2CC[C@@]1(c1ccnc(-c3cn(CS(C)(=O)=O)cn3)n1)c1nnc(-c3c(F)cccc3F)cc12. The van der Waals surface area contributed by atoms with Crippen LogP contribution in [0.3, 0.4) is 0 Å². The zero-order valence-electron chi connectivity index (χ0n) is 20.5. The first-order valence-corrected chi connectivity index (χ1v) is 13.9. The first-order valence-electron chi connectivity index (χ1n) is 11.9. The van der Waals surface area contributed by atoms with Crippen LogP contribution in [-0.2, 0) is 21.1 Å². The first kappa shape index (κ1) is 23.8. The first-order chi connectivity index (χ1) is 17.5. The monoisotopic (exact) mass is 522 g/mol. The summed E-state index contributed by atoms with van der Waals surface area (Å²) in [5.74, 6) is -1.06. The highest BCUT2D eigenvalue weighted by molar-refractivity contribution is 7.89. The van der Waals surface area contributed by atoms with Crippen molar-refractivity contribution in [2.75, 3.05) is 6.26 Å². The van der Waals surface area contributed by atoms with Crippen molar-refractivity contribution in [3.05, 3.63) is 77.6 Å². The van der Waals surface area contributed by atoms with Crippen molar-refractivity contribution < 1.29 is 17.2 Å². The van der Waals surface area contributed by atoms with Crippen molar-refractivity contribution in [1.29, 1.82) is 0 Å². The van der Waals surface area contributed by atoms with Gasteiger partial charge in [0.1, 0.15) is 23.2 Å². The minimum atomic E-state index is -3.23.